The first kappa shape index (κ1) is 13.5. The zero-order chi connectivity index (χ0) is 13.4. The maximum Gasteiger partial charge on any atom is 0.261 e. The Hall–Kier alpha value is -2.54. The van der Waals surface area contributed by atoms with Crippen LogP contribution >= 0.6 is 0 Å². The topological polar surface area (TPSA) is 62.1 Å². The number of para-hydroxylation sites is 1. The highest BCUT2D eigenvalue weighted by molar-refractivity contribution is 5.97. The van der Waals surface area contributed by atoms with E-state index in [-0.39, 0.29) is 5.57 Å². The van der Waals surface area contributed by atoms with Gasteiger partial charge in [-0.25, -0.2) is 0 Å². The number of methoxy groups -OCH3 is 1. The summed E-state index contributed by atoms with van der Waals surface area (Å²) in [6.07, 6.45) is 4.88. The summed E-state index contributed by atoms with van der Waals surface area (Å²) in [6, 6.07) is 9.32. The number of amides is 1. The van der Waals surface area contributed by atoms with E-state index in [9.17, 15) is 4.79 Å². The van der Waals surface area contributed by atoms with Crippen LogP contribution in [0.4, 0.5) is 0 Å². The largest absolute Gasteiger partial charge is 0.496 e. The van der Waals surface area contributed by atoms with Crippen molar-refractivity contribution in [2.24, 2.45) is 0 Å². The molecule has 0 radical (unpaired) electrons. The van der Waals surface area contributed by atoms with Gasteiger partial charge in [-0.2, -0.15) is 5.26 Å². The van der Waals surface area contributed by atoms with Gasteiger partial charge in [0.2, 0.25) is 0 Å². The minimum atomic E-state index is -0.401. The van der Waals surface area contributed by atoms with Crippen molar-refractivity contribution in [3.05, 3.63) is 47.6 Å². The summed E-state index contributed by atoms with van der Waals surface area (Å²) in [5.74, 6) is 0.336. The van der Waals surface area contributed by atoms with E-state index in [4.69, 9.17) is 10.00 Å². The number of carbonyl (C=O) groups is 1. The summed E-state index contributed by atoms with van der Waals surface area (Å²) in [7, 11) is 3.07. The van der Waals surface area contributed by atoms with Gasteiger partial charge in [0.1, 0.15) is 17.4 Å². The zero-order valence-corrected chi connectivity index (χ0v) is 10.3. The van der Waals surface area contributed by atoms with E-state index < -0.39 is 5.91 Å². The molecule has 1 N–H and O–H groups in total. The molecule has 0 aliphatic rings. The van der Waals surface area contributed by atoms with Gasteiger partial charge in [-0.1, -0.05) is 30.4 Å². The Labute approximate surface area is 106 Å². The van der Waals surface area contributed by atoms with Crippen molar-refractivity contribution < 1.29 is 9.53 Å². The van der Waals surface area contributed by atoms with Gasteiger partial charge in [0, 0.05) is 12.6 Å². The highest BCUT2D eigenvalue weighted by Crippen LogP contribution is 2.18. The molecule has 0 bridgehead atoms. The summed E-state index contributed by atoms with van der Waals surface area (Å²) in [6.45, 7) is 0. The third kappa shape index (κ3) is 3.49. The van der Waals surface area contributed by atoms with Crippen LogP contribution in [0.5, 0.6) is 5.75 Å². The van der Waals surface area contributed by atoms with Crippen LogP contribution in [0.15, 0.2) is 42.0 Å². The number of hydrogen-bond acceptors (Lipinski definition) is 3. The highest BCUT2D eigenvalue weighted by atomic mass is 16.5. The van der Waals surface area contributed by atoms with Gasteiger partial charge in [0.15, 0.2) is 0 Å². The number of nitrogens with zero attached hydrogens (tertiary/aromatic N) is 1. The number of nitrogens with one attached hydrogen (secondary N) is 1. The Bertz CT molecular complexity index is 525. The van der Waals surface area contributed by atoms with E-state index in [1.165, 1.54) is 13.1 Å². The van der Waals surface area contributed by atoms with Crippen LogP contribution in [0.3, 0.4) is 0 Å². The maximum absolute atomic E-state index is 11.2. The van der Waals surface area contributed by atoms with E-state index in [1.54, 1.807) is 19.3 Å². The molecule has 0 saturated heterocycles. The average Bonchev–Trinajstić information content (AvgIpc) is 2.43. The second kappa shape index (κ2) is 6.92. The van der Waals surface area contributed by atoms with Crippen molar-refractivity contribution in [3.63, 3.8) is 0 Å². The van der Waals surface area contributed by atoms with Gasteiger partial charge in [0.25, 0.3) is 5.91 Å². The summed E-state index contributed by atoms with van der Waals surface area (Å²) in [4.78, 5) is 11.2. The van der Waals surface area contributed by atoms with Gasteiger partial charge in [-0.15, -0.1) is 0 Å². The number of nitriles is 1. The SMILES string of the molecule is CNC(=O)/C(C#N)=C/C=C/c1ccccc1OC. The Kier molecular flexibility index (Phi) is 5.20. The lowest BCUT2D eigenvalue weighted by Gasteiger charge is -2.02. The third-order valence-corrected chi connectivity index (χ3v) is 2.27. The van der Waals surface area contributed by atoms with Gasteiger partial charge in [0.05, 0.1) is 7.11 Å². The molecule has 0 saturated carbocycles. The van der Waals surface area contributed by atoms with Crippen molar-refractivity contribution in [3.8, 4) is 11.8 Å². The molecule has 0 unspecified atom stereocenters. The molecule has 0 spiro atoms. The fraction of sp³-hybridized carbons (Fsp3) is 0.143. The molecular formula is C14H14N2O2. The standard InChI is InChI=1S/C14H14N2O2/c1-16-14(17)12(10-15)8-5-7-11-6-3-4-9-13(11)18-2/h3-9H,1-2H3,(H,16,17)/b7-5+,12-8+. The van der Waals surface area contributed by atoms with E-state index in [0.29, 0.717) is 0 Å². The second-order valence-electron chi connectivity index (χ2n) is 3.37. The fourth-order valence-electron chi connectivity index (χ4n) is 1.35. The van der Waals surface area contributed by atoms with Crippen molar-refractivity contribution in [2.45, 2.75) is 0 Å². The van der Waals surface area contributed by atoms with Gasteiger partial charge >= 0.3 is 0 Å². The predicted octanol–water partition coefficient (Wildman–Crippen LogP) is 1.90. The average molecular weight is 242 g/mol. The first-order valence-electron chi connectivity index (χ1n) is 5.36. The molecule has 0 aliphatic heterocycles. The van der Waals surface area contributed by atoms with Crippen molar-refractivity contribution in [1.82, 2.24) is 5.32 Å². The molecule has 1 aromatic carbocycles. The minimum absolute atomic E-state index is 0.0589. The van der Waals surface area contributed by atoms with Crippen LogP contribution < -0.4 is 10.1 Å². The molecule has 1 amide bonds. The molecular weight excluding hydrogens is 228 g/mol. The van der Waals surface area contributed by atoms with Crippen LogP contribution in [0.25, 0.3) is 6.08 Å². The van der Waals surface area contributed by atoms with Crippen LogP contribution in [0.1, 0.15) is 5.56 Å². The lowest BCUT2D eigenvalue weighted by atomic mass is 10.1. The number of hydrogen-bond donors (Lipinski definition) is 1. The number of likely N-dealkylation sites (N-methyl/N-ethyl adjacent to an activating group) is 1. The minimum Gasteiger partial charge on any atom is -0.496 e. The third-order valence-electron chi connectivity index (χ3n) is 2.27. The number of ether oxygens (including phenoxy) is 1. The number of benzene rings is 1. The molecule has 0 heterocycles. The molecule has 92 valence electrons. The Morgan fingerprint density at radius 3 is 2.78 bits per heavy atom. The number of rotatable bonds is 4. The summed E-state index contributed by atoms with van der Waals surface area (Å²) in [5.41, 5.74) is 0.939. The summed E-state index contributed by atoms with van der Waals surface area (Å²) in [5, 5.41) is 11.2. The first-order chi connectivity index (χ1) is 8.72. The maximum atomic E-state index is 11.2. The first-order valence-corrected chi connectivity index (χ1v) is 5.36. The van der Waals surface area contributed by atoms with E-state index in [0.717, 1.165) is 11.3 Å². The number of carbonyl (C=O) groups excluding carboxylic acids is 1. The molecule has 0 atom stereocenters. The van der Waals surface area contributed by atoms with Crippen LogP contribution in [-0.4, -0.2) is 20.1 Å². The van der Waals surface area contributed by atoms with Crippen molar-refractivity contribution in [1.29, 1.82) is 5.26 Å². The molecule has 0 aromatic heterocycles. The van der Waals surface area contributed by atoms with Crippen molar-refractivity contribution >= 4 is 12.0 Å². The molecule has 1 rings (SSSR count). The van der Waals surface area contributed by atoms with E-state index in [1.807, 2.05) is 30.3 Å². The quantitative estimate of drug-likeness (QED) is 0.498. The molecule has 0 fully saturated rings. The molecule has 18 heavy (non-hydrogen) atoms. The van der Waals surface area contributed by atoms with E-state index >= 15 is 0 Å². The molecule has 1 aromatic rings. The lowest BCUT2D eigenvalue weighted by molar-refractivity contribution is -0.116. The predicted molar refractivity (Wildman–Crippen MR) is 69.8 cm³/mol. The Balaban J connectivity index is 2.90. The van der Waals surface area contributed by atoms with Crippen molar-refractivity contribution in [2.75, 3.05) is 14.2 Å². The summed E-state index contributed by atoms with van der Waals surface area (Å²) < 4.78 is 5.18. The summed E-state index contributed by atoms with van der Waals surface area (Å²) >= 11 is 0. The molecule has 0 aliphatic carbocycles. The van der Waals surface area contributed by atoms with Crippen LogP contribution in [-0.2, 0) is 4.79 Å². The van der Waals surface area contributed by atoms with Gasteiger partial charge in [-0.05, 0) is 12.1 Å². The smallest absolute Gasteiger partial charge is 0.261 e. The monoisotopic (exact) mass is 242 g/mol. The zero-order valence-electron chi connectivity index (χ0n) is 10.3. The fourth-order valence-corrected chi connectivity index (χ4v) is 1.35. The number of allylic oxidation sites excluding steroid dienone is 2. The second-order valence-corrected chi connectivity index (χ2v) is 3.37. The molecule has 4 nitrogen and oxygen atoms in total. The Morgan fingerprint density at radius 2 is 2.17 bits per heavy atom. The molecule has 4 heteroatoms. The highest BCUT2D eigenvalue weighted by Gasteiger charge is 2.03. The van der Waals surface area contributed by atoms with Gasteiger partial charge < -0.3 is 10.1 Å². The van der Waals surface area contributed by atoms with Crippen LogP contribution in [0, 0.1) is 11.3 Å². The van der Waals surface area contributed by atoms with E-state index in [2.05, 4.69) is 5.32 Å². The van der Waals surface area contributed by atoms with Crippen LogP contribution in [0.2, 0.25) is 0 Å². The Morgan fingerprint density at radius 1 is 1.44 bits per heavy atom. The van der Waals surface area contributed by atoms with Gasteiger partial charge in [-0.3, -0.25) is 4.79 Å². The normalized spacial score (nSPS) is 11.1. The lowest BCUT2D eigenvalue weighted by Crippen LogP contribution is -2.18.